The van der Waals surface area contributed by atoms with E-state index in [0.29, 0.717) is 17.1 Å². The van der Waals surface area contributed by atoms with E-state index in [2.05, 4.69) is 5.32 Å². The molecule has 0 saturated heterocycles. The maximum absolute atomic E-state index is 13.9. The van der Waals surface area contributed by atoms with Crippen molar-refractivity contribution in [1.29, 1.82) is 0 Å². The molecule has 0 radical (unpaired) electrons. The largest absolute Gasteiger partial charge is 0.352 e. The van der Waals surface area contributed by atoms with Gasteiger partial charge in [-0.15, -0.1) is 0 Å². The molecule has 1 N–H and O–H groups in total. The molecule has 0 fully saturated rings. The summed E-state index contributed by atoms with van der Waals surface area (Å²) in [7, 11) is -3.59. The summed E-state index contributed by atoms with van der Waals surface area (Å²) in [5, 5.41) is 3.58. The monoisotopic (exact) mass is 597 g/mol. The fourth-order valence-electron chi connectivity index (χ4n) is 4.61. The van der Waals surface area contributed by atoms with Crippen molar-refractivity contribution in [2.45, 2.75) is 65.1 Å². The lowest BCUT2D eigenvalue weighted by Gasteiger charge is -2.33. The minimum atomic E-state index is -3.59. The fourth-order valence-corrected chi connectivity index (χ4v) is 5.70. The number of carbonyl (C=O) groups is 2. The molecular formula is C32H40ClN3O4S. The molecule has 0 aliphatic heterocycles. The third-order valence-electron chi connectivity index (χ3n) is 6.97. The van der Waals surface area contributed by atoms with E-state index in [0.717, 1.165) is 29.4 Å². The maximum Gasteiger partial charge on any atom is 0.243 e. The van der Waals surface area contributed by atoms with Gasteiger partial charge in [-0.3, -0.25) is 13.9 Å². The van der Waals surface area contributed by atoms with Crippen LogP contribution >= 0.6 is 11.6 Å². The number of hydrogen-bond donors (Lipinski definition) is 1. The molecule has 9 heteroatoms. The molecule has 0 aromatic heterocycles. The van der Waals surface area contributed by atoms with Gasteiger partial charge < -0.3 is 10.2 Å². The van der Waals surface area contributed by atoms with Gasteiger partial charge in [0.15, 0.2) is 0 Å². The first kappa shape index (κ1) is 32.2. The molecule has 2 unspecified atom stereocenters. The molecule has 3 rings (SSSR count). The van der Waals surface area contributed by atoms with Gasteiger partial charge in [-0.05, 0) is 62.1 Å². The second-order valence-electron chi connectivity index (χ2n) is 10.4. The predicted molar refractivity (Wildman–Crippen MR) is 166 cm³/mol. The molecule has 3 aromatic rings. The number of hydrogen-bond acceptors (Lipinski definition) is 4. The zero-order valence-electron chi connectivity index (χ0n) is 24.2. The number of anilines is 1. The summed E-state index contributed by atoms with van der Waals surface area (Å²) in [5.74, 6) is -0.417. The van der Waals surface area contributed by atoms with Crippen LogP contribution in [0.25, 0.3) is 0 Å². The van der Waals surface area contributed by atoms with E-state index in [1.807, 2.05) is 75.4 Å². The maximum atomic E-state index is 13.9. The second kappa shape index (κ2) is 15.0. The van der Waals surface area contributed by atoms with Crippen LogP contribution in [-0.2, 0) is 32.6 Å². The number of aryl methyl sites for hydroxylation is 1. The van der Waals surface area contributed by atoms with E-state index in [1.165, 1.54) is 4.31 Å². The Bertz CT molecular complexity index is 1400. The number of nitrogens with one attached hydrogen (secondary N) is 1. The molecule has 0 aliphatic carbocycles. The van der Waals surface area contributed by atoms with E-state index in [4.69, 9.17) is 11.6 Å². The number of rotatable bonds is 14. The molecule has 41 heavy (non-hydrogen) atoms. The number of amides is 2. The van der Waals surface area contributed by atoms with Crippen LogP contribution in [-0.4, -0.2) is 50.0 Å². The van der Waals surface area contributed by atoms with Crippen LogP contribution in [0.1, 0.15) is 49.8 Å². The van der Waals surface area contributed by atoms with Crippen molar-refractivity contribution in [2.24, 2.45) is 0 Å². The van der Waals surface area contributed by atoms with Gasteiger partial charge in [-0.2, -0.15) is 0 Å². The summed E-state index contributed by atoms with van der Waals surface area (Å²) in [5.41, 5.74) is 3.41. The molecule has 3 aromatic carbocycles. The van der Waals surface area contributed by atoms with E-state index < -0.39 is 16.1 Å². The van der Waals surface area contributed by atoms with Crippen molar-refractivity contribution in [3.05, 3.63) is 101 Å². The molecule has 7 nitrogen and oxygen atoms in total. The Morgan fingerprint density at radius 1 is 0.951 bits per heavy atom. The highest BCUT2D eigenvalue weighted by Gasteiger charge is 2.31. The Balaban J connectivity index is 1.89. The summed E-state index contributed by atoms with van der Waals surface area (Å²) in [6.07, 6.45) is 2.63. The van der Waals surface area contributed by atoms with Gasteiger partial charge in [0.25, 0.3) is 0 Å². The van der Waals surface area contributed by atoms with Gasteiger partial charge >= 0.3 is 0 Å². The zero-order chi connectivity index (χ0) is 30.0. The number of halogens is 1. The van der Waals surface area contributed by atoms with Crippen LogP contribution in [0.3, 0.4) is 0 Å². The Morgan fingerprint density at radius 2 is 1.61 bits per heavy atom. The Morgan fingerprint density at radius 3 is 2.22 bits per heavy atom. The first-order valence-corrected chi connectivity index (χ1v) is 16.1. The van der Waals surface area contributed by atoms with Crippen LogP contribution in [0.4, 0.5) is 5.69 Å². The lowest BCUT2D eigenvalue weighted by atomic mass is 10.0. The quantitative estimate of drug-likeness (QED) is 0.256. The van der Waals surface area contributed by atoms with Gasteiger partial charge in [0.05, 0.1) is 11.9 Å². The van der Waals surface area contributed by atoms with E-state index in [1.54, 1.807) is 29.2 Å². The summed E-state index contributed by atoms with van der Waals surface area (Å²) in [6, 6.07) is 23.3. The Kier molecular flexibility index (Phi) is 11.8. The SMILES string of the molecule is CCC(C)NC(=O)C(Cc1ccccc1)N(Cc1cccc(C)c1)C(=O)CCCN(c1ccc(Cl)cc1)S(C)(=O)=O. The highest BCUT2D eigenvalue weighted by Crippen LogP contribution is 2.22. The highest BCUT2D eigenvalue weighted by molar-refractivity contribution is 7.92. The van der Waals surface area contributed by atoms with Crippen LogP contribution in [0, 0.1) is 6.92 Å². The van der Waals surface area contributed by atoms with E-state index >= 15 is 0 Å². The number of sulfonamides is 1. The first-order chi connectivity index (χ1) is 19.5. The van der Waals surface area contributed by atoms with Crippen molar-refractivity contribution in [3.8, 4) is 0 Å². The van der Waals surface area contributed by atoms with Crippen LogP contribution < -0.4 is 9.62 Å². The zero-order valence-corrected chi connectivity index (χ0v) is 25.8. The van der Waals surface area contributed by atoms with Crippen LogP contribution in [0.2, 0.25) is 5.02 Å². The van der Waals surface area contributed by atoms with Gasteiger partial charge in [0.1, 0.15) is 6.04 Å². The topological polar surface area (TPSA) is 86.8 Å². The molecule has 0 bridgehead atoms. The van der Waals surface area contributed by atoms with Crippen LogP contribution in [0.15, 0.2) is 78.9 Å². The van der Waals surface area contributed by atoms with Gasteiger partial charge in [0, 0.05) is 37.0 Å². The minimum Gasteiger partial charge on any atom is -0.352 e. The molecule has 2 amide bonds. The molecule has 0 aliphatic rings. The summed E-state index contributed by atoms with van der Waals surface area (Å²) < 4.78 is 26.4. The molecule has 2 atom stereocenters. The van der Waals surface area contributed by atoms with E-state index in [-0.39, 0.29) is 43.8 Å². The Labute approximate surface area is 249 Å². The average Bonchev–Trinajstić information content (AvgIpc) is 2.93. The fraction of sp³-hybridized carbons (Fsp3) is 0.375. The van der Waals surface area contributed by atoms with Crippen molar-refractivity contribution < 1.29 is 18.0 Å². The summed E-state index contributed by atoms with van der Waals surface area (Å²) in [6.45, 7) is 6.32. The molecular weight excluding hydrogens is 558 g/mol. The normalized spacial score (nSPS) is 12.8. The first-order valence-electron chi connectivity index (χ1n) is 13.9. The second-order valence-corrected chi connectivity index (χ2v) is 12.8. The minimum absolute atomic E-state index is 0.0422. The molecule has 220 valence electrons. The van der Waals surface area contributed by atoms with Crippen molar-refractivity contribution in [1.82, 2.24) is 10.2 Å². The van der Waals surface area contributed by atoms with E-state index in [9.17, 15) is 18.0 Å². The number of carbonyl (C=O) groups excluding carboxylic acids is 2. The number of nitrogens with zero attached hydrogens (tertiary/aromatic N) is 2. The average molecular weight is 598 g/mol. The van der Waals surface area contributed by atoms with Crippen molar-refractivity contribution >= 4 is 39.1 Å². The Hall–Kier alpha value is -3.36. The van der Waals surface area contributed by atoms with Crippen molar-refractivity contribution in [3.63, 3.8) is 0 Å². The number of benzene rings is 3. The molecule has 0 heterocycles. The smallest absolute Gasteiger partial charge is 0.243 e. The third kappa shape index (κ3) is 9.90. The summed E-state index contributed by atoms with van der Waals surface area (Å²) >= 11 is 5.99. The summed E-state index contributed by atoms with van der Waals surface area (Å²) in [4.78, 5) is 29.2. The molecule has 0 saturated carbocycles. The lowest BCUT2D eigenvalue weighted by Crippen LogP contribution is -2.52. The lowest BCUT2D eigenvalue weighted by molar-refractivity contribution is -0.141. The predicted octanol–water partition coefficient (Wildman–Crippen LogP) is 5.75. The van der Waals surface area contributed by atoms with Gasteiger partial charge in [-0.1, -0.05) is 78.7 Å². The molecule has 0 spiro atoms. The van der Waals surface area contributed by atoms with Crippen LogP contribution in [0.5, 0.6) is 0 Å². The highest BCUT2D eigenvalue weighted by atomic mass is 35.5. The van der Waals surface area contributed by atoms with Gasteiger partial charge in [0.2, 0.25) is 21.8 Å². The van der Waals surface area contributed by atoms with Gasteiger partial charge in [-0.25, -0.2) is 8.42 Å². The standard InChI is InChI=1S/C32H40ClN3O4S/c1-5-25(3)34-32(38)30(22-26-12-7-6-8-13-26)35(23-27-14-9-11-24(2)21-27)31(37)15-10-20-36(41(4,39)40)29-18-16-28(33)17-19-29/h6-9,11-14,16-19,21,25,30H,5,10,15,20,22-23H2,1-4H3,(H,34,38). The van der Waals surface area contributed by atoms with Crippen molar-refractivity contribution in [2.75, 3.05) is 17.1 Å². The third-order valence-corrected chi connectivity index (χ3v) is 8.42.